The number of hydrogen-bond donors (Lipinski definition) is 1. The summed E-state index contributed by atoms with van der Waals surface area (Å²) in [6.07, 6.45) is 0.727. The van der Waals surface area contributed by atoms with E-state index in [1.165, 1.54) is 0 Å². The number of Topliss-reactive ketones (excluding diaryl/α,β-unsaturated/α-hetero) is 1. The summed E-state index contributed by atoms with van der Waals surface area (Å²) in [5.41, 5.74) is 3.76. The number of carbonyl (C=O) groups excluding carboxylic acids is 1. The molecule has 1 aliphatic heterocycles. The minimum absolute atomic E-state index is 0.148. The lowest BCUT2D eigenvalue weighted by Gasteiger charge is -2.19. The second kappa shape index (κ2) is 8.17. The SMILES string of the molecule is CCN(CC)CCn1c2ccc(C(C)O)cc2c2c3c(ccc21)C(=O)CCCO3. The quantitative estimate of drug-likeness (QED) is 0.667. The number of likely N-dealkylation sites (N-methyl/N-ethyl adjacent to an activating group) is 1. The van der Waals surface area contributed by atoms with E-state index in [0.29, 0.717) is 24.3 Å². The Morgan fingerprint density at radius 2 is 1.93 bits per heavy atom. The van der Waals surface area contributed by atoms with E-state index in [-0.39, 0.29) is 5.78 Å². The van der Waals surface area contributed by atoms with Crippen molar-refractivity contribution in [3.05, 3.63) is 41.5 Å². The van der Waals surface area contributed by atoms with Crippen LogP contribution >= 0.6 is 0 Å². The maximum atomic E-state index is 12.6. The van der Waals surface area contributed by atoms with Gasteiger partial charge in [-0.1, -0.05) is 19.9 Å². The van der Waals surface area contributed by atoms with Gasteiger partial charge in [-0.25, -0.2) is 0 Å². The number of nitrogens with zero attached hydrogens (tertiary/aromatic N) is 2. The predicted molar refractivity (Wildman–Crippen MR) is 117 cm³/mol. The summed E-state index contributed by atoms with van der Waals surface area (Å²) < 4.78 is 8.44. The molecule has 0 radical (unpaired) electrons. The highest BCUT2D eigenvalue weighted by atomic mass is 16.5. The maximum absolute atomic E-state index is 12.6. The molecule has 0 spiro atoms. The third-order valence-electron chi connectivity index (χ3n) is 6.12. The second-order valence-electron chi connectivity index (χ2n) is 7.84. The van der Waals surface area contributed by atoms with Crippen molar-refractivity contribution in [2.75, 3.05) is 26.2 Å². The molecule has 0 saturated heterocycles. The Morgan fingerprint density at radius 1 is 1.17 bits per heavy atom. The molecule has 3 aromatic rings. The first kappa shape index (κ1) is 19.9. The molecule has 0 saturated carbocycles. The van der Waals surface area contributed by atoms with Crippen molar-refractivity contribution in [2.45, 2.75) is 46.3 Å². The topological polar surface area (TPSA) is 54.7 Å². The first-order chi connectivity index (χ1) is 14.0. The Bertz CT molecular complexity index is 1050. The number of carbonyl (C=O) groups is 1. The highest BCUT2D eigenvalue weighted by Gasteiger charge is 2.23. The standard InChI is InChI=1S/C24H30N2O3/c1-4-25(5-2)12-13-26-20-10-8-17(16(3)27)15-19(20)23-21(26)11-9-18-22(28)7-6-14-29-24(18)23/h8-11,15-16,27H,4-7,12-14H2,1-3H3. The minimum Gasteiger partial charge on any atom is -0.492 e. The molecule has 0 aliphatic carbocycles. The second-order valence-corrected chi connectivity index (χ2v) is 7.84. The van der Waals surface area contributed by atoms with Gasteiger partial charge in [0, 0.05) is 30.4 Å². The fourth-order valence-corrected chi connectivity index (χ4v) is 4.37. The van der Waals surface area contributed by atoms with Crippen LogP contribution in [0.25, 0.3) is 21.8 Å². The van der Waals surface area contributed by atoms with Crippen LogP contribution in [0.1, 0.15) is 55.6 Å². The molecule has 154 valence electrons. The van der Waals surface area contributed by atoms with Crippen LogP contribution in [0.5, 0.6) is 5.75 Å². The summed E-state index contributed by atoms with van der Waals surface area (Å²) in [6, 6.07) is 10.1. The summed E-state index contributed by atoms with van der Waals surface area (Å²) in [5, 5.41) is 12.2. The van der Waals surface area contributed by atoms with Crippen molar-refractivity contribution >= 4 is 27.6 Å². The summed E-state index contributed by atoms with van der Waals surface area (Å²) in [5.74, 6) is 0.856. The molecule has 2 heterocycles. The fraction of sp³-hybridized carbons (Fsp3) is 0.458. The van der Waals surface area contributed by atoms with Gasteiger partial charge in [-0.05, 0) is 56.3 Å². The van der Waals surface area contributed by atoms with Crippen LogP contribution in [0.2, 0.25) is 0 Å². The molecule has 0 fully saturated rings. The molecule has 1 atom stereocenters. The van der Waals surface area contributed by atoms with Gasteiger partial charge >= 0.3 is 0 Å². The molecule has 1 N–H and O–H groups in total. The molecule has 5 nitrogen and oxygen atoms in total. The van der Waals surface area contributed by atoms with Gasteiger partial charge in [-0.3, -0.25) is 4.79 Å². The van der Waals surface area contributed by atoms with Crippen LogP contribution < -0.4 is 4.74 Å². The van der Waals surface area contributed by atoms with Crippen molar-refractivity contribution < 1.29 is 14.6 Å². The third-order valence-corrected chi connectivity index (χ3v) is 6.12. The van der Waals surface area contributed by atoms with Crippen molar-refractivity contribution in [1.29, 1.82) is 0 Å². The monoisotopic (exact) mass is 394 g/mol. The van der Waals surface area contributed by atoms with Crippen LogP contribution in [0.4, 0.5) is 0 Å². The zero-order valence-electron chi connectivity index (χ0n) is 17.6. The highest BCUT2D eigenvalue weighted by molar-refractivity contribution is 6.15. The number of ether oxygens (including phenoxy) is 1. The van der Waals surface area contributed by atoms with E-state index in [0.717, 1.165) is 60.0 Å². The molecule has 29 heavy (non-hydrogen) atoms. The van der Waals surface area contributed by atoms with Gasteiger partial charge in [-0.2, -0.15) is 0 Å². The molecule has 4 rings (SSSR count). The highest BCUT2D eigenvalue weighted by Crippen LogP contribution is 2.40. The van der Waals surface area contributed by atoms with Gasteiger partial charge in [0.2, 0.25) is 0 Å². The number of hydrogen-bond acceptors (Lipinski definition) is 4. The number of aliphatic hydroxyl groups is 1. The summed E-state index contributed by atoms with van der Waals surface area (Å²) in [7, 11) is 0. The van der Waals surface area contributed by atoms with E-state index in [1.54, 1.807) is 6.92 Å². The number of fused-ring (bicyclic) bond motifs is 5. The molecular weight excluding hydrogens is 364 g/mol. The van der Waals surface area contributed by atoms with Crippen molar-refractivity contribution in [1.82, 2.24) is 9.47 Å². The van der Waals surface area contributed by atoms with E-state index >= 15 is 0 Å². The van der Waals surface area contributed by atoms with Crippen LogP contribution in [0, 0.1) is 0 Å². The Balaban J connectivity index is 1.96. The number of aliphatic hydroxyl groups excluding tert-OH is 1. The Kier molecular flexibility index (Phi) is 5.61. The summed E-state index contributed by atoms with van der Waals surface area (Å²) in [6.45, 7) is 10.6. The molecule has 2 aromatic carbocycles. The van der Waals surface area contributed by atoms with Crippen LogP contribution in [-0.2, 0) is 6.54 Å². The lowest BCUT2D eigenvalue weighted by Crippen LogP contribution is -2.26. The normalized spacial score (nSPS) is 15.6. The van der Waals surface area contributed by atoms with E-state index < -0.39 is 6.10 Å². The number of aromatic nitrogens is 1. The molecule has 0 amide bonds. The molecule has 1 unspecified atom stereocenters. The largest absolute Gasteiger partial charge is 0.492 e. The van der Waals surface area contributed by atoms with Gasteiger partial charge < -0.3 is 19.3 Å². The van der Waals surface area contributed by atoms with Crippen molar-refractivity contribution in [2.24, 2.45) is 0 Å². The smallest absolute Gasteiger partial charge is 0.166 e. The zero-order chi connectivity index (χ0) is 20.5. The summed E-state index contributed by atoms with van der Waals surface area (Å²) >= 11 is 0. The fourth-order valence-electron chi connectivity index (χ4n) is 4.37. The van der Waals surface area contributed by atoms with Crippen molar-refractivity contribution in [3.8, 4) is 5.75 Å². The molecule has 1 aliphatic rings. The van der Waals surface area contributed by atoms with Gasteiger partial charge in [0.15, 0.2) is 5.78 Å². The average molecular weight is 395 g/mol. The third kappa shape index (κ3) is 3.53. The maximum Gasteiger partial charge on any atom is 0.166 e. The van der Waals surface area contributed by atoms with Crippen molar-refractivity contribution in [3.63, 3.8) is 0 Å². The minimum atomic E-state index is -0.543. The number of benzene rings is 2. The average Bonchev–Trinajstić information content (AvgIpc) is 2.92. The van der Waals surface area contributed by atoms with Crippen LogP contribution in [0.15, 0.2) is 30.3 Å². The molecule has 5 heteroatoms. The zero-order valence-corrected chi connectivity index (χ0v) is 17.6. The molecule has 1 aromatic heterocycles. The van der Waals surface area contributed by atoms with Crippen LogP contribution in [0.3, 0.4) is 0 Å². The van der Waals surface area contributed by atoms with Gasteiger partial charge in [-0.15, -0.1) is 0 Å². The van der Waals surface area contributed by atoms with E-state index in [2.05, 4.69) is 41.5 Å². The molecular formula is C24H30N2O3. The lowest BCUT2D eigenvalue weighted by molar-refractivity contribution is 0.0983. The van der Waals surface area contributed by atoms with E-state index in [9.17, 15) is 9.90 Å². The number of rotatable bonds is 6. The molecule has 0 bridgehead atoms. The summed E-state index contributed by atoms with van der Waals surface area (Å²) in [4.78, 5) is 15.0. The Labute approximate surface area is 171 Å². The lowest BCUT2D eigenvalue weighted by atomic mass is 10.0. The van der Waals surface area contributed by atoms with Gasteiger partial charge in [0.1, 0.15) is 5.75 Å². The predicted octanol–water partition coefficient (Wildman–Crippen LogP) is 4.54. The van der Waals surface area contributed by atoms with E-state index in [1.807, 2.05) is 12.1 Å². The Morgan fingerprint density at radius 3 is 2.66 bits per heavy atom. The van der Waals surface area contributed by atoms with E-state index in [4.69, 9.17) is 4.74 Å². The van der Waals surface area contributed by atoms with Crippen LogP contribution in [-0.4, -0.2) is 46.6 Å². The first-order valence-electron chi connectivity index (χ1n) is 10.7. The van der Waals surface area contributed by atoms with Gasteiger partial charge in [0.25, 0.3) is 0 Å². The number of ketones is 1. The van der Waals surface area contributed by atoms with Gasteiger partial charge in [0.05, 0.1) is 29.2 Å². The Hall–Kier alpha value is -2.37. The first-order valence-corrected chi connectivity index (χ1v) is 10.7.